The summed E-state index contributed by atoms with van der Waals surface area (Å²) in [7, 11) is 3.23. The summed E-state index contributed by atoms with van der Waals surface area (Å²) in [4.78, 5) is 23.8. The molecule has 22 heavy (non-hydrogen) atoms. The van der Waals surface area contributed by atoms with E-state index in [-0.39, 0.29) is 5.69 Å². The van der Waals surface area contributed by atoms with Crippen LogP contribution in [0.1, 0.15) is 20.8 Å². The Labute approximate surface area is 127 Å². The normalized spacial score (nSPS) is 11.5. The minimum atomic E-state index is -0.637. The van der Waals surface area contributed by atoms with Crippen molar-refractivity contribution in [1.82, 2.24) is 9.78 Å². The van der Waals surface area contributed by atoms with Gasteiger partial charge in [0.15, 0.2) is 5.82 Å². The molecule has 8 nitrogen and oxygen atoms in total. The number of nitrogens with zero attached hydrogens (tertiary/aromatic N) is 4. The summed E-state index contributed by atoms with van der Waals surface area (Å²) < 4.78 is 6.86. The maximum atomic E-state index is 12.2. The quantitative estimate of drug-likeness (QED) is 0.628. The van der Waals surface area contributed by atoms with Crippen LogP contribution in [0.5, 0.6) is 0 Å². The van der Waals surface area contributed by atoms with E-state index >= 15 is 0 Å². The number of aromatic nitrogens is 2. The Bertz CT molecular complexity index is 745. The second kappa shape index (κ2) is 5.28. The van der Waals surface area contributed by atoms with Crippen LogP contribution in [-0.4, -0.2) is 33.4 Å². The predicted molar refractivity (Wildman–Crippen MR) is 82.0 cm³/mol. The number of ether oxygens (including phenoxy) is 1. The molecule has 1 heterocycles. The van der Waals surface area contributed by atoms with Crippen LogP contribution in [0.2, 0.25) is 0 Å². The fourth-order valence-corrected chi connectivity index (χ4v) is 2.01. The first-order valence-corrected chi connectivity index (χ1v) is 6.68. The van der Waals surface area contributed by atoms with Crippen molar-refractivity contribution in [3.8, 4) is 0 Å². The molecular formula is C14H18N4O4. The predicted octanol–water partition coefficient (Wildman–Crippen LogP) is 2.85. The van der Waals surface area contributed by atoms with Crippen LogP contribution >= 0.6 is 0 Å². The van der Waals surface area contributed by atoms with Crippen LogP contribution in [-0.2, 0) is 11.8 Å². The third kappa shape index (κ3) is 3.00. The van der Waals surface area contributed by atoms with Gasteiger partial charge in [-0.05, 0) is 26.8 Å². The number of aryl methyl sites for hydroxylation is 1. The van der Waals surface area contributed by atoms with Gasteiger partial charge in [0.25, 0.3) is 5.69 Å². The number of hydrogen-bond donors (Lipinski definition) is 0. The van der Waals surface area contributed by atoms with Crippen molar-refractivity contribution >= 4 is 28.5 Å². The monoisotopic (exact) mass is 306 g/mol. The minimum Gasteiger partial charge on any atom is -0.443 e. The Morgan fingerprint density at radius 3 is 2.59 bits per heavy atom. The molecule has 2 aromatic rings. The van der Waals surface area contributed by atoms with Crippen molar-refractivity contribution in [1.29, 1.82) is 0 Å². The van der Waals surface area contributed by atoms with Crippen molar-refractivity contribution in [2.24, 2.45) is 7.05 Å². The fraction of sp³-hybridized carbons (Fsp3) is 0.429. The second-order valence-electron chi connectivity index (χ2n) is 5.95. The van der Waals surface area contributed by atoms with Gasteiger partial charge in [-0.2, -0.15) is 5.10 Å². The number of non-ortho nitro benzene ring substituents is 1. The van der Waals surface area contributed by atoms with Gasteiger partial charge < -0.3 is 4.74 Å². The SMILES string of the molecule is CN(C(=O)OC(C)(C)C)c1nn(C)c2ccc([N+](=O)[O-])cc12. The van der Waals surface area contributed by atoms with Crippen LogP contribution in [0.4, 0.5) is 16.3 Å². The number of anilines is 1. The molecule has 0 radical (unpaired) electrons. The van der Waals surface area contributed by atoms with Gasteiger partial charge in [-0.25, -0.2) is 4.79 Å². The number of carbonyl (C=O) groups excluding carboxylic acids is 1. The smallest absolute Gasteiger partial charge is 0.415 e. The molecule has 0 aliphatic rings. The van der Waals surface area contributed by atoms with Crippen molar-refractivity contribution in [2.75, 3.05) is 11.9 Å². The summed E-state index contributed by atoms with van der Waals surface area (Å²) >= 11 is 0. The topological polar surface area (TPSA) is 90.5 Å². The van der Waals surface area contributed by atoms with Gasteiger partial charge >= 0.3 is 6.09 Å². The molecule has 0 bridgehead atoms. The summed E-state index contributed by atoms with van der Waals surface area (Å²) in [6, 6.07) is 4.41. The average Bonchev–Trinajstić information content (AvgIpc) is 2.72. The van der Waals surface area contributed by atoms with Crippen molar-refractivity contribution in [3.63, 3.8) is 0 Å². The first-order valence-electron chi connectivity index (χ1n) is 6.68. The molecule has 1 aromatic heterocycles. The van der Waals surface area contributed by atoms with Crippen LogP contribution in [0.15, 0.2) is 18.2 Å². The van der Waals surface area contributed by atoms with Gasteiger partial charge in [-0.15, -0.1) is 0 Å². The van der Waals surface area contributed by atoms with Crippen LogP contribution in [0.25, 0.3) is 10.9 Å². The third-order valence-electron chi connectivity index (χ3n) is 3.01. The molecule has 1 aromatic carbocycles. The van der Waals surface area contributed by atoms with Gasteiger partial charge in [0.2, 0.25) is 0 Å². The lowest BCUT2D eigenvalue weighted by atomic mass is 10.2. The maximum Gasteiger partial charge on any atom is 0.415 e. The van der Waals surface area contributed by atoms with Gasteiger partial charge in [-0.1, -0.05) is 0 Å². The maximum absolute atomic E-state index is 12.2. The van der Waals surface area contributed by atoms with Crippen molar-refractivity contribution < 1.29 is 14.5 Å². The molecule has 0 saturated heterocycles. The van der Waals surface area contributed by atoms with E-state index in [2.05, 4.69) is 5.10 Å². The van der Waals surface area contributed by atoms with E-state index in [4.69, 9.17) is 4.74 Å². The Kier molecular flexibility index (Phi) is 3.78. The molecule has 0 aliphatic carbocycles. The van der Waals surface area contributed by atoms with E-state index < -0.39 is 16.6 Å². The molecule has 0 N–H and O–H groups in total. The number of fused-ring (bicyclic) bond motifs is 1. The van der Waals surface area contributed by atoms with E-state index in [1.54, 1.807) is 38.6 Å². The number of carbonyl (C=O) groups is 1. The van der Waals surface area contributed by atoms with E-state index in [1.807, 2.05) is 0 Å². The highest BCUT2D eigenvalue weighted by molar-refractivity contribution is 5.99. The zero-order valence-corrected chi connectivity index (χ0v) is 13.2. The van der Waals surface area contributed by atoms with Gasteiger partial charge in [0.05, 0.1) is 15.8 Å². The molecule has 8 heteroatoms. The number of hydrogen-bond acceptors (Lipinski definition) is 5. The first kappa shape index (κ1) is 15.7. The number of rotatable bonds is 2. The van der Waals surface area contributed by atoms with Gasteiger partial charge in [-0.3, -0.25) is 19.7 Å². The Morgan fingerprint density at radius 1 is 1.41 bits per heavy atom. The number of amides is 1. The molecule has 0 fully saturated rings. The molecule has 118 valence electrons. The lowest BCUT2D eigenvalue weighted by molar-refractivity contribution is -0.384. The van der Waals surface area contributed by atoms with E-state index in [9.17, 15) is 14.9 Å². The largest absolute Gasteiger partial charge is 0.443 e. The highest BCUT2D eigenvalue weighted by Crippen LogP contribution is 2.29. The van der Waals surface area contributed by atoms with Crippen molar-refractivity contribution in [3.05, 3.63) is 28.3 Å². The molecule has 1 amide bonds. The molecule has 0 saturated carbocycles. The summed E-state index contributed by atoms with van der Waals surface area (Å²) in [6.07, 6.45) is -0.570. The lowest BCUT2D eigenvalue weighted by Crippen LogP contribution is -2.34. The number of benzene rings is 1. The summed E-state index contributed by atoms with van der Waals surface area (Å²) in [6.45, 7) is 5.29. The average molecular weight is 306 g/mol. The second-order valence-corrected chi connectivity index (χ2v) is 5.95. The minimum absolute atomic E-state index is 0.0562. The van der Waals surface area contributed by atoms with Crippen LogP contribution in [0.3, 0.4) is 0 Å². The number of nitro groups is 1. The van der Waals surface area contributed by atoms with Crippen molar-refractivity contribution in [2.45, 2.75) is 26.4 Å². The molecule has 0 spiro atoms. The summed E-state index contributed by atoms with van der Waals surface area (Å²) in [5.74, 6) is 0.315. The lowest BCUT2D eigenvalue weighted by Gasteiger charge is -2.23. The first-order chi connectivity index (χ1) is 10.1. The van der Waals surface area contributed by atoms with Gasteiger partial charge in [0.1, 0.15) is 5.60 Å². The standard InChI is InChI=1S/C14H18N4O4/c1-14(2,3)22-13(19)16(4)12-10-8-9(18(20)21)6-7-11(10)17(5)15-12/h6-8H,1-5H3. The Balaban J connectivity index is 2.48. The van der Waals surface area contributed by atoms with E-state index in [1.165, 1.54) is 24.1 Å². The molecule has 0 unspecified atom stereocenters. The van der Waals surface area contributed by atoms with E-state index in [0.717, 1.165) is 0 Å². The number of nitro benzene ring substituents is 1. The molecule has 2 rings (SSSR count). The molecule has 0 aliphatic heterocycles. The summed E-state index contributed by atoms with van der Waals surface area (Å²) in [5.41, 5.74) is -0.00240. The van der Waals surface area contributed by atoms with Gasteiger partial charge in [0, 0.05) is 26.2 Å². The zero-order valence-electron chi connectivity index (χ0n) is 13.2. The molecule has 0 atom stereocenters. The van der Waals surface area contributed by atoms with Crippen LogP contribution in [0, 0.1) is 10.1 Å². The van der Waals surface area contributed by atoms with Crippen LogP contribution < -0.4 is 4.90 Å². The summed E-state index contributed by atoms with van der Waals surface area (Å²) in [5, 5.41) is 15.7. The molecular weight excluding hydrogens is 288 g/mol. The fourth-order valence-electron chi connectivity index (χ4n) is 2.01. The van der Waals surface area contributed by atoms with E-state index in [0.29, 0.717) is 16.7 Å². The highest BCUT2D eigenvalue weighted by atomic mass is 16.6. The zero-order chi connectivity index (χ0) is 16.7. The Morgan fingerprint density at radius 2 is 2.05 bits per heavy atom. The highest BCUT2D eigenvalue weighted by Gasteiger charge is 2.24. The Hall–Kier alpha value is -2.64. The third-order valence-corrected chi connectivity index (χ3v) is 3.01.